The van der Waals surface area contributed by atoms with E-state index >= 15 is 0 Å². The van der Waals surface area contributed by atoms with Crippen LogP contribution in [0, 0.1) is 12.8 Å². The molecule has 3 aromatic carbocycles. The number of aryl methyl sites for hydroxylation is 2. The Balaban J connectivity index is 1.21. The first-order chi connectivity index (χ1) is 25.5. The molecule has 8 heteroatoms. The highest BCUT2D eigenvalue weighted by Gasteiger charge is 2.37. The molecule has 0 bridgehead atoms. The maximum absolute atomic E-state index is 14.1. The first kappa shape index (κ1) is 39.1. The lowest BCUT2D eigenvalue weighted by Crippen LogP contribution is -2.33. The molecule has 53 heavy (non-hydrogen) atoms. The quantitative estimate of drug-likeness (QED) is 0.125. The summed E-state index contributed by atoms with van der Waals surface area (Å²) in [5, 5.41) is 5.76. The number of hydrogen-bond acceptors (Lipinski definition) is 5. The monoisotopic (exact) mass is 714 g/mol. The van der Waals surface area contributed by atoms with Crippen LogP contribution in [0.5, 0.6) is 0 Å². The minimum absolute atomic E-state index is 0.00565. The second kappa shape index (κ2) is 18.1. The first-order valence-corrected chi connectivity index (χ1v) is 19.1. The molecule has 2 atom stereocenters. The van der Waals surface area contributed by atoms with Gasteiger partial charge < -0.3 is 15.5 Å². The van der Waals surface area contributed by atoms with Crippen LogP contribution in [0.4, 0.5) is 0 Å². The van der Waals surface area contributed by atoms with Crippen molar-refractivity contribution in [1.29, 1.82) is 0 Å². The van der Waals surface area contributed by atoms with Crippen LogP contribution in [0.2, 0.25) is 0 Å². The Hall–Kier alpha value is -5.11. The fourth-order valence-corrected chi connectivity index (χ4v) is 7.56. The Labute approximate surface area is 314 Å². The molecule has 0 heterocycles. The van der Waals surface area contributed by atoms with Crippen molar-refractivity contribution in [2.24, 2.45) is 10.9 Å². The van der Waals surface area contributed by atoms with Crippen molar-refractivity contribution in [1.82, 2.24) is 15.5 Å². The van der Waals surface area contributed by atoms with Crippen molar-refractivity contribution in [2.45, 2.75) is 79.1 Å². The number of allylic oxidation sites excluding steroid dienone is 4. The van der Waals surface area contributed by atoms with Gasteiger partial charge in [0.15, 0.2) is 5.78 Å². The molecule has 2 N–H and O–H groups in total. The van der Waals surface area contributed by atoms with E-state index in [4.69, 9.17) is 4.99 Å². The summed E-state index contributed by atoms with van der Waals surface area (Å²) in [4.78, 5) is 57.1. The van der Waals surface area contributed by atoms with Crippen molar-refractivity contribution in [3.63, 3.8) is 0 Å². The lowest BCUT2D eigenvalue weighted by molar-refractivity contribution is -0.121. The average molecular weight is 715 g/mol. The molecular weight excluding hydrogens is 661 g/mol. The van der Waals surface area contributed by atoms with Gasteiger partial charge in [-0.1, -0.05) is 67.5 Å². The maximum atomic E-state index is 14.1. The van der Waals surface area contributed by atoms with Gasteiger partial charge in [-0.3, -0.25) is 24.2 Å². The van der Waals surface area contributed by atoms with E-state index in [1.165, 1.54) is 40.3 Å². The zero-order chi connectivity index (χ0) is 38.1. The third-order valence-electron chi connectivity index (χ3n) is 10.4. The number of nitrogens with one attached hydrogen (secondary N) is 2. The standard InChI is InChI=1S/C45H54N4O4/c1-7-13-34-26-35-27-36-28-41(46-8-2)30(4)25-40(36)43(39(35)24-29(34)3)37-14-9-10-15-38(37)45(53)49(6)23-11-16-42(51)47-21-12-22-48-44(52)33-19-17-32(18-20-33)31(5)50/h9-10,14-15,17-20,24-26,28,40,43H,7-8,11-13,16,21-23,27H2,1-6H3,(H,47,51)(H,48,52). The smallest absolute Gasteiger partial charge is 0.253 e. The van der Waals surface area contributed by atoms with E-state index in [2.05, 4.69) is 68.7 Å². The van der Waals surface area contributed by atoms with Crippen LogP contribution in [0.1, 0.15) is 118 Å². The van der Waals surface area contributed by atoms with Crippen LogP contribution in [-0.2, 0) is 17.6 Å². The molecule has 3 amide bonds. The van der Waals surface area contributed by atoms with Crippen molar-refractivity contribution < 1.29 is 19.2 Å². The molecule has 2 aliphatic rings. The predicted molar refractivity (Wildman–Crippen MR) is 213 cm³/mol. The molecule has 0 aromatic heterocycles. The highest BCUT2D eigenvalue weighted by Crippen LogP contribution is 2.48. The van der Waals surface area contributed by atoms with Crippen molar-refractivity contribution in [3.8, 4) is 0 Å². The number of carbonyl (C=O) groups is 4. The Morgan fingerprint density at radius 1 is 0.887 bits per heavy atom. The number of nitrogens with zero attached hydrogens (tertiary/aromatic N) is 2. The molecule has 0 saturated carbocycles. The van der Waals surface area contributed by atoms with E-state index in [-0.39, 0.29) is 35.3 Å². The summed E-state index contributed by atoms with van der Waals surface area (Å²) in [7, 11) is 1.81. The Morgan fingerprint density at radius 2 is 1.60 bits per heavy atom. The van der Waals surface area contributed by atoms with E-state index in [1.807, 2.05) is 25.2 Å². The maximum Gasteiger partial charge on any atom is 0.253 e. The molecule has 0 saturated heterocycles. The molecule has 278 valence electrons. The van der Waals surface area contributed by atoms with Gasteiger partial charge >= 0.3 is 0 Å². The Bertz CT molecular complexity index is 1940. The van der Waals surface area contributed by atoms with Gasteiger partial charge in [0, 0.05) is 68.2 Å². The first-order valence-electron chi connectivity index (χ1n) is 19.1. The summed E-state index contributed by atoms with van der Waals surface area (Å²) >= 11 is 0. The van der Waals surface area contributed by atoms with E-state index in [1.54, 1.807) is 29.2 Å². The van der Waals surface area contributed by atoms with Crippen molar-refractivity contribution >= 4 is 29.2 Å². The fraction of sp³-hybridized carbons (Fsp3) is 0.400. The number of aliphatic imine (C=N–C) groups is 1. The second-order valence-corrected chi connectivity index (χ2v) is 14.3. The number of rotatable bonds is 15. The predicted octanol–water partition coefficient (Wildman–Crippen LogP) is 7.59. The molecule has 0 aliphatic heterocycles. The average Bonchev–Trinajstić information content (AvgIpc) is 3.14. The van der Waals surface area contributed by atoms with Gasteiger partial charge in [-0.05, 0) is 111 Å². The Kier molecular flexibility index (Phi) is 13.3. The molecule has 8 nitrogen and oxygen atoms in total. The SMILES string of the molecule is CCCc1cc2c(cc1C)C(c1ccccc1C(=O)N(C)CCCC(=O)NCCCNC(=O)c1ccc(C(C)=O)cc1)C1C=C(C)C(=NCC)C=C1C2. The molecule has 0 radical (unpaired) electrons. The largest absolute Gasteiger partial charge is 0.356 e. The van der Waals surface area contributed by atoms with E-state index in [0.717, 1.165) is 37.1 Å². The summed E-state index contributed by atoms with van der Waals surface area (Å²) in [5.74, 6) is -0.275. The third kappa shape index (κ3) is 9.47. The van der Waals surface area contributed by atoms with Gasteiger partial charge in [0.25, 0.3) is 11.8 Å². The number of carbonyl (C=O) groups excluding carboxylic acids is 4. The topological polar surface area (TPSA) is 108 Å². The van der Waals surface area contributed by atoms with Crippen LogP contribution in [-0.4, -0.2) is 67.3 Å². The zero-order valence-electron chi connectivity index (χ0n) is 32.2. The lowest BCUT2D eigenvalue weighted by atomic mass is 9.65. The molecular formula is C45H54N4O4. The van der Waals surface area contributed by atoms with Crippen LogP contribution >= 0.6 is 0 Å². The third-order valence-corrected chi connectivity index (χ3v) is 10.4. The molecule has 3 aromatic rings. The minimum atomic E-state index is -0.220. The van der Waals surface area contributed by atoms with Gasteiger partial charge in [0.2, 0.25) is 5.91 Å². The number of hydrogen-bond donors (Lipinski definition) is 2. The van der Waals surface area contributed by atoms with Crippen LogP contribution in [0.25, 0.3) is 0 Å². The number of Topliss-reactive ketones (excluding diaryl/α,β-unsaturated/α-hetero) is 1. The van der Waals surface area contributed by atoms with Gasteiger partial charge in [-0.2, -0.15) is 0 Å². The van der Waals surface area contributed by atoms with E-state index in [0.29, 0.717) is 55.6 Å². The van der Waals surface area contributed by atoms with Crippen molar-refractivity contribution in [2.75, 3.05) is 33.2 Å². The normalized spacial score (nSPS) is 16.9. The van der Waals surface area contributed by atoms with Crippen LogP contribution in [0.3, 0.4) is 0 Å². The summed E-state index contributed by atoms with van der Waals surface area (Å²) in [5.41, 5.74) is 11.7. The van der Waals surface area contributed by atoms with Crippen LogP contribution < -0.4 is 10.6 Å². The fourth-order valence-electron chi connectivity index (χ4n) is 7.56. The summed E-state index contributed by atoms with van der Waals surface area (Å²) < 4.78 is 0. The molecule has 2 unspecified atom stereocenters. The highest BCUT2D eigenvalue weighted by atomic mass is 16.2. The van der Waals surface area contributed by atoms with Gasteiger partial charge in [0.1, 0.15) is 0 Å². The van der Waals surface area contributed by atoms with Crippen molar-refractivity contribution in [3.05, 3.63) is 128 Å². The van der Waals surface area contributed by atoms with Gasteiger partial charge in [-0.15, -0.1) is 0 Å². The Morgan fingerprint density at radius 3 is 2.32 bits per heavy atom. The summed E-state index contributed by atoms with van der Waals surface area (Å²) in [6.45, 7) is 12.2. The molecule has 0 spiro atoms. The van der Waals surface area contributed by atoms with Gasteiger partial charge in [0.05, 0.1) is 5.71 Å². The minimum Gasteiger partial charge on any atom is -0.356 e. The summed E-state index contributed by atoms with van der Waals surface area (Å²) in [6.07, 6.45) is 9.08. The second-order valence-electron chi connectivity index (χ2n) is 14.3. The molecule has 5 rings (SSSR count). The molecule has 0 fully saturated rings. The number of fused-ring (bicyclic) bond motifs is 2. The number of amides is 3. The van der Waals surface area contributed by atoms with E-state index < -0.39 is 0 Å². The number of benzene rings is 3. The highest BCUT2D eigenvalue weighted by molar-refractivity contribution is 6.09. The lowest BCUT2D eigenvalue weighted by Gasteiger charge is -2.38. The van der Waals surface area contributed by atoms with Gasteiger partial charge in [-0.25, -0.2) is 0 Å². The molecule has 2 aliphatic carbocycles. The van der Waals surface area contributed by atoms with Crippen LogP contribution in [0.15, 0.2) is 89.0 Å². The summed E-state index contributed by atoms with van der Waals surface area (Å²) in [6, 6.07) is 19.3. The zero-order valence-corrected chi connectivity index (χ0v) is 32.2. The van der Waals surface area contributed by atoms with E-state index in [9.17, 15) is 19.2 Å². The number of ketones is 1.